The second kappa shape index (κ2) is 9.73. The fraction of sp³-hybridized carbons (Fsp3) is 0.409. The summed E-state index contributed by atoms with van der Waals surface area (Å²) in [5, 5.41) is 3.05. The van der Waals surface area contributed by atoms with Gasteiger partial charge < -0.3 is 5.32 Å². The van der Waals surface area contributed by atoms with Gasteiger partial charge in [-0.2, -0.15) is 0 Å². The molecule has 0 fully saturated rings. The van der Waals surface area contributed by atoms with Crippen LogP contribution in [0.5, 0.6) is 0 Å². The lowest BCUT2D eigenvalue weighted by atomic mass is 10.0. The maximum atomic E-state index is 12.4. The van der Waals surface area contributed by atoms with E-state index >= 15 is 0 Å². The van der Waals surface area contributed by atoms with E-state index in [9.17, 15) is 13.2 Å². The van der Waals surface area contributed by atoms with Crippen LogP contribution in [0, 0.1) is 13.8 Å². The molecule has 0 spiro atoms. The highest BCUT2D eigenvalue weighted by Crippen LogP contribution is 2.25. The molecule has 0 aliphatic carbocycles. The van der Waals surface area contributed by atoms with E-state index in [1.807, 2.05) is 69.3 Å². The summed E-state index contributed by atoms with van der Waals surface area (Å²) >= 11 is 0. The zero-order valence-corrected chi connectivity index (χ0v) is 17.9. The van der Waals surface area contributed by atoms with Gasteiger partial charge in [0.25, 0.3) is 0 Å². The first-order chi connectivity index (χ1) is 13.2. The maximum Gasteiger partial charge on any atom is 0.232 e. The number of anilines is 1. The summed E-state index contributed by atoms with van der Waals surface area (Å²) in [5.41, 5.74) is 3.73. The molecule has 28 heavy (non-hydrogen) atoms. The second-order valence-electron chi connectivity index (χ2n) is 7.10. The standard InChI is InChI=1S/C22H30N2O3S/c1-5-20(19-12-7-6-8-13-19)23-22(25)15-10-16-24(28(4,26)27)21-14-9-11-17(2)18(21)3/h6-9,11-14,20H,5,10,15-16H2,1-4H3,(H,23,25)/t20-/m1/s1. The highest BCUT2D eigenvalue weighted by molar-refractivity contribution is 7.92. The van der Waals surface area contributed by atoms with Crippen molar-refractivity contribution in [1.29, 1.82) is 0 Å². The zero-order valence-electron chi connectivity index (χ0n) is 17.1. The van der Waals surface area contributed by atoms with Crippen LogP contribution in [-0.2, 0) is 14.8 Å². The first kappa shape index (κ1) is 22.0. The van der Waals surface area contributed by atoms with Crippen LogP contribution in [0.2, 0.25) is 0 Å². The number of hydrogen-bond donors (Lipinski definition) is 1. The van der Waals surface area contributed by atoms with Crippen LogP contribution in [0.4, 0.5) is 5.69 Å². The smallest absolute Gasteiger partial charge is 0.232 e. The maximum absolute atomic E-state index is 12.4. The molecule has 0 heterocycles. The minimum absolute atomic E-state index is 0.0290. The molecule has 0 radical (unpaired) electrons. The van der Waals surface area contributed by atoms with Crippen LogP contribution >= 0.6 is 0 Å². The number of aryl methyl sites for hydroxylation is 1. The van der Waals surface area contributed by atoms with Gasteiger partial charge in [-0.3, -0.25) is 9.10 Å². The molecular formula is C22H30N2O3S. The first-order valence-electron chi connectivity index (χ1n) is 9.62. The third-order valence-electron chi connectivity index (χ3n) is 4.96. The Labute approximate surface area is 168 Å². The number of nitrogens with zero attached hydrogens (tertiary/aromatic N) is 1. The summed E-state index contributed by atoms with van der Waals surface area (Å²) in [6, 6.07) is 15.5. The molecule has 0 aromatic heterocycles. The molecular weight excluding hydrogens is 372 g/mol. The van der Waals surface area contributed by atoms with Crippen molar-refractivity contribution in [2.45, 2.75) is 46.1 Å². The quantitative estimate of drug-likeness (QED) is 0.686. The summed E-state index contributed by atoms with van der Waals surface area (Å²) in [7, 11) is -3.42. The normalized spacial score (nSPS) is 12.4. The summed E-state index contributed by atoms with van der Waals surface area (Å²) in [4.78, 5) is 12.4. The molecule has 0 aliphatic heterocycles. The second-order valence-corrected chi connectivity index (χ2v) is 9.00. The molecule has 1 atom stereocenters. The first-order valence-corrected chi connectivity index (χ1v) is 11.5. The molecule has 0 aliphatic rings. The van der Waals surface area contributed by atoms with Crippen molar-refractivity contribution in [2.24, 2.45) is 0 Å². The van der Waals surface area contributed by atoms with Gasteiger partial charge in [-0.05, 0) is 49.4 Å². The lowest BCUT2D eigenvalue weighted by Gasteiger charge is -2.25. The Morgan fingerprint density at radius 3 is 2.36 bits per heavy atom. The van der Waals surface area contributed by atoms with E-state index in [2.05, 4.69) is 5.32 Å². The van der Waals surface area contributed by atoms with E-state index in [-0.39, 0.29) is 24.9 Å². The third kappa shape index (κ3) is 5.83. The van der Waals surface area contributed by atoms with Crippen LogP contribution in [0.15, 0.2) is 48.5 Å². The van der Waals surface area contributed by atoms with Gasteiger partial charge in [0.1, 0.15) is 0 Å². The summed E-state index contributed by atoms with van der Waals surface area (Å²) < 4.78 is 26.0. The molecule has 152 valence electrons. The van der Waals surface area contributed by atoms with Gasteiger partial charge in [-0.1, -0.05) is 49.4 Å². The topological polar surface area (TPSA) is 66.5 Å². The fourth-order valence-electron chi connectivity index (χ4n) is 3.23. The minimum Gasteiger partial charge on any atom is -0.349 e. The average molecular weight is 403 g/mol. The van der Waals surface area contributed by atoms with E-state index in [1.165, 1.54) is 10.6 Å². The van der Waals surface area contributed by atoms with Crippen LogP contribution in [0.25, 0.3) is 0 Å². The van der Waals surface area contributed by atoms with E-state index < -0.39 is 10.0 Å². The van der Waals surface area contributed by atoms with Crippen LogP contribution in [0.3, 0.4) is 0 Å². The number of hydrogen-bond acceptors (Lipinski definition) is 3. The molecule has 1 N–H and O–H groups in total. The number of carbonyl (C=O) groups excluding carboxylic acids is 1. The molecule has 2 rings (SSSR count). The summed E-state index contributed by atoms with van der Waals surface area (Å²) in [6.07, 6.45) is 2.74. The van der Waals surface area contributed by atoms with Gasteiger partial charge in [0.05, 0.1) is 18.0 Å². The van der Waals surface area contributed by atoms with Crippen molar-refractivity contribution >= 4 is 21.6 Å². The molecule has 0 saturated carbocycles. The van der Waals surface area contributed by atoms with Crippen LogP contribution < -0.4 is 9.62 Å². The van der Waals surface area contributed by atoms with Crippen molar-refractivity contribution < 1.29 is 13.2 Å². The van der Waals surface area contributed by atoms with Gasteiger partial charge >= 0.3 is 0 Å². The summed E-state index contributed by atoms with van der Waals surface area (Å²) in [5.74, 6) is -0.0647. The largest absolute Gasteiger partial charge is 0.349 e. The number of benzene rings is 2. The van der Waals surface area contributed by atoms with E-state index in [1.54, 1.807) is 0 Å². The minimum atomic E-state index is -3.42. The number of carbonyl (C=O) groups is 1. The Hall–Kier alpha value is -2.34. The Bertz CT molecular complexity index is 895. The van der Waals surface area contributed by atoms with Crippen molar-refractivity contribution in [3.8, 4) is 0 Å². The van der Waals surface area contributed by atoms with Crippen molar-refractivity contribution in [3.05, 3.63) is 65.2 Å². The van der Waals surface area contributed by atoms with Crippen molar-refractivity contribution in [1.82, 2.24) is 5.32 Å². The number of amides is 1. The predicted molar refractivity (Wildman–Crippen MR) is 115 cm³/mol. The van der Waals surface area contributed by atoms with Gasteiger partial charge in [-0.25, -0.2) is 8.42 Å². The lowest BCUT2D eigenvalue weighted by Crippen LogP contribution is -2.33. The fourth-order valence-corrected chi connectivity index (χ4v) is 4.24. The number of rotatable bonds is 9. The summed E-state index contributed by atoms with van der Waals surface area (Å²) in [6.45, 7) is 6.19. The molecule has 0 saturated heterocycles. The molecule has 5 nitrogen and oxygen atoms in total. The predicted octanol–water partition coefficient (Wildman–Crippen LogP) is 4.12. The third-order valence-corrected chi connectivity index (χ3v) is 6.14. The lowest BCUT2D eigenvalue weighted by molar-refractivity contribution is -0.121. The molecule has 2 aromatic carbocycles. The van der Waals surface area contributed by atoms with Crippen molar-refractivity contribution in [2.75, 3.05) is 17.1 Å². The van der Waals surface area contributed by atoms with Gasteiger partial charge in [0.2, 0.25) is 15.9 Å². The molecule has 6 heteroatoms. The number of sulfonamides is 1. The molecule has 1 amide bonds. The highest BCUT2D eigenvalue weighted by atomic mass is 32.2. The molecule has 0 bridgehead atoms. The van der Waals surface area contributed by atoms with Crippen LogP contribution in [0.1, 0.15) is 48.9 Å². The van der Waals surface area contributed by atoms with Crippen molar-refractivity contribution in [3.63, 3.8) is 0 Å². The highest BCUT2D eigenvalue weighted by Gasteiger charge is 2.20. The Morgan fingerprint density at radius 2 is 1.75 bits per heavy atom. The Morgan fingerprint density at radius 1 is 1.07 bits per heavy atom. The van der Waals surface area contributed by atoms with Gasteiger partial charge in [-0.15, -0.1) is 0 Å². The van der Waals surface area contributed by atoms with E-state index in [4.69, 9.17) is 0 Å². The Balaban J connectivity index is 2.00. The Kier molecular flexibility index (Phi) is 7.63. The average Bonchev–Trinajstić information content (AvgIpc) is 2.66. The molecule has 2 aromatic rings. The molecule has 0 unspecified atom stereocenters. The zero-order chi connectivity index (χ0) is 20.7. The monoisotopic (exact) mass is 402 g/mol. The SMILES string of the molecule is CC[C@@H](NC(=O)CCCN(c1cccc(C)c1C)S(C)(=O)=O)c1ccccc1. The van der Waals surface area contributed by atoms with E-state index in [0.29, 0.717) is 12.1 Å². The number of nitrogens with one attached hydrogen (secondary N) is 1. The van der Waals surface area contributed by atoms with Crippen LogP contribution in [-0.4, -0.2) is 27.1 Å². The van der Waals surface area contributed by atoms with Gasteiger partial charge in [0.15, 0.2) is 0 Å². The van der Waals surface area contributed by atoms with E-state index in [0.717, 1.165) is 23.1 Å². The van der Waals surface area contributed by atoms with Gasteiger partial charge in [0, 0.05) is 13.0 Å².